The van der Waals surface area contributed by atoms with Crippen LogP contribution in [0.2, 0.25) is 0 Å². The van der Waals surface area contributed by atoms with E-state index in [1.165, 1.54) is 11.8 Å². The zero-order valence-electron chi connectivity index (χ0n) is 14.4. The summed E-state index contributed by atoms with van der Waals surface area (Å²) < 4.78 is 0. The van der Waals surface area contributed by atoms with Gasteiger partial charge in [0.05, 0.1) is 12.5 Å². The summed E-state index contributed by atoms with van der Waals surface area (Å²) in [5.74, 6) is -1.36. The van der Waals surface area contributed by atoms with Gasteiger partial charge in [0.2, 0.25) is 11.8 Å². The molecule has 0 radical (unpaired) electrons. The maximum Gasteiger partial charge on any atom is 0.329 e. The van der Waals surface area contributed by atoms with Crippen molar-refractivity contribution >= 4 is 23.9 Å². The van der Waals surface area contributed by atoms with Gasteiger partial charge in [-0.3, -0.25) is 9.59 Å². The van der Waals surface area contributed by atoms with Crippen LogP contribution in [-0.4, -0.2) is 44.8 Å². The number of aliphatic carboxylic acids is 1. The number of carboxylic acids is 1. The number of nitrogens with zero attached hydrogens (tertiary/aromatic N) is 2. The molecule has 6 nitrogen and oxygen atoms in total. The largest absolute Gasteiger partial charge is 0.480 e. The van der Waals surface area contributed by atoms with Gasteiger partial charge >= 0.3 is 5.97 Å². The highest BCUT2D eigenvalue weighted by atomic mass is 16.4. The van der Waals surface area contributed by atoms with Crippen LogP contribution < -0.4 is 0 Å². The summed E-state index contributed by atoms with van der Waals surface area (Å²) in [4.78, 5) is 39.6. The van der Waals surface area contributed by atoms with E-state index in [-0.39, 0.29) is 18.2 Å². The number of rotatable bonds is 3. The highest BCUT2D eigenvalue weighted by Gasteiger charge is 2.46. The van der Waals surface area contributed by atoms with Crippen molar-refractivity contribution in [3.63, 3.8) is 0 Å². The summed E-state index contributed by atoms with van der Waals surface area (Å²) in [6.45, 7) is 3.50. The second kappa shape index (κ2) is 6.35. The maximum absolute atomic E-state index is 12.9. The molecule has 0 aromatic heterocycles. The van der Waals surface area contributed by atoms with Gasteiger partial charge in [-0.1, -0.05) is 24.3 Å². The van der Waals surface area contributed by atoms with Crippen LogP contribution in [0, 0.1) is 0 Å². The molecule has 6 heteroatoms. The number of hydrogen-bond donors (Lipinski definition) is 1. The molecule has 0 aliphatic carbocycles. The fourth-order valence-electron chi connectivity index (χ4n) is 3.77. The van der Waals surface area contributed by atoms with Gasteiger partial charge in [-0.25, -0.2) is 4.79 Å². The molecule has 25 heavy (non-hydrogen) atoms. The van der Waals surface area contributed by atoms with Crippen LogP contribution in [0.3, 0.4) is 0 Å². The number of benzene rings is 1. The van der Waals surface area contributed by atoms with Gasteiger partial charge in [0.1, 0.15) is 5.54 Å². The van der Waals surface area contributed by atoms with E-state index in [9.17, 15) is 19.5 Å². The summed E-state index contributed by atoms with van der Waals surface area (Å²) in [5, 5.41) is 9.53. The maximum atomic E-state index is 12.9. The quantitative estimate of drug-likeness (QED) is 0.915. The molecule has 1 N–H and O–H groups in total. The first-order valence-electron chi connectivity index (χ1n) is 8.44. The predicted octanol–water partition coefficient (Wildman–Crippen LogP) is 2.42. The first-order chi connectivity index (χ1) is 11.8. The highest BCUT2D eigenvalue weighted by Crippen LogP contribution is 2.36. The molecular weight excluding hydrogens is 320 g/mol. The molecular formula is C19H22N2O4. The SMILES string of the molecule is CC(=O)N1C=Cc2ccccc2C1CC(=O)N1CCCC1(C)C(=O)O. The molecule has 1 aromatic rings. The topological polar surface area (TPSA) is 77.9 Å². The van der Waals surface area contributed by atoms with Crippen molar-refractivity contribution in [2.24, 2.45) is 0 Å². The Hall–Kier alpha value is -2.63. The standard InChI is InChI=1S/C19H22N2O4/c1-13(22)20-11-8-14-6-3-4-7-15(14)16(20)12-17(23)21-10-5-9-19(21,2)18(24)25/h3-4,6-8,11,16H,5,9-10,12H2,1-2H3,(H,24,25). The lowest BCUT2D eigenvalue weighted by molar-refractivity contribution is -0.156. The average Bonchev–Trinajstić information content (AvgIpc) is 2.98. The lowest BCUT2D eigenvalue weighted by Gasteiger charge is -2.36. The molecule has 2 heterocycles. The van der Waals surface area contributed by atoms with Gasteiger partial charge in [0.25, 0.3) is 0 Å². The molecule has 2 amide bonds. The average molecular weight is 342 g/mol. The number of carbonyl (C=O) groups excluding carboxylic acids is 2. The number of carbonyl (C=O) groups is 3. The van der Waals surface area contributed by atoms with Crippen molar-refractivity contribution in [2.45, 2.75) is 44.7 Å². The van der Waals surface area contributed by atoms with Crippen molar-refractivity contribution in [3.05, 3.63) is 41.6 Å². The molecule has 1 aromatic carbocycles. The van der Waals surface area contributed by atoms with Crippen LogP contribution in [0.15, 0.2) is 30.5 Å². The van der Waals surface area contributed by atoms with E-state index in [1.54, 1.807) is 18.0 Å². The third-order valence-electron chi connectivity index (χ3n) is 5.24. The summed E-state index contributed by atoms with van der Waals surface area (Å²) >= 11 is 0. The second-order valence-electron chi connectivity index (χ2n) is 6.82. The third-order valence-corrected chi connectivity index (χ3v) is 5.24. The molecule has 2 unspecified atom stereocenters. The van der Waals surface area contributed by atoms with Gasteiger partial charge in [-0.2, -0.15) is 0 Å². The Morgan fingerprint density at radius 3 is 2.68 bits per heavy atom. The van der Waals surface area contributed by atoms with E-state index in [4.69, 9.17) is 0 Å². The fourth-order valence-corrected chi connectivity index (χ4v) is 3.77. The highest BCUT2D eigenvalue weighted by molar-refractivity contribution is 5.88. The number of likely N-dealkylation sites (tertiary alicyclic amines) is 1. The minimum atomic E-state index is -1.16. The number of amides is 2. The molecule has 2 aliphatic rings. The normalized spacial score (nSPS) is 25.0. The predicted molar refractivity (Wildman–Crippen MR) is 92.3 cm³/mol. The van der Waals surface area contributed by atoms with E-state index >= 15 is 0 Å². The Bertz CT molecular complexity index is 758. The van der Waals surface area contributed by atoms with E-state index < -0.39 is 17.6 Å². The smallest absolute Gasteiger partial charge is 0.329 e. The Balaban J connectivity index is 1.89. The van der Waals surface area contributed by atoms with E-state index in [0.717, 1.165) is 11.1 Å². The van der Waals surface area contributed by atoms with Crippen LogP contribution >= 0.6 is 0 Å². The van der Waals surface area contributed by atoms with Gasteiger partial charge in [-0.15, -0.1) is 0 Å². The molecule has 2 atom stereocenters. The zero-order chi connectivity index (χ0) is 18.2. The molecule has 3 rings (SSSR count). The molecule has 0 bridgehead atoms. The molecule has 1 fully saturated rings. The van der Waals surface area contributed by atoms with Gasteiger partial charge in [-0.05, 0) is 37.0 Å². The third kappa shape index (κ3) is 2.92. The number of hydrogen-bond acceptors (Lipinski definition) is 3. The van der Waals surface area contributed by atoms with E-state index in [0.29, 0.717) is 19.4 Å². The van der Waals surface area contributed by atoms with E-state index in [2.05, 4.69) is 0 Å². The summed E-state index contributed by atoms with van der Waals surface area (Å²) in [6, 6.07) is 7.23. The lowest BCUT2D eigenvalue weighted by Crippen LogP contribution is -2.51. The van der Waals surface area contributed by atoms with Crippen molar-refractivity contribution in [1.82, 2.24) is 9.80 Å². The lowest BCUT2D eigenvalue weighted by atomic mass is 9.92. The van der Waals surface area contributed by atoms with Crippen LogP contribution in [0.1, 0.15) is 50.3 Å². The summed E-state index contributed by atoms with van der Waals surface area (Å²) in [7, 11) is 0. The van der Waals surface area contributed by atoms with Crippen molar-refractivity contribution < 1.29 is 19.5 Å². The first-order valence-corrected chi connectivity index (χ1v) is 8.44. The Morgan fingerprint density at radius 1 is 1.28 bits per heavy atom. The minimum Gasteiger partial charge on any atom is -0.480 e. The van der Waals surface area contributed by atoms with Gasteiger partial charge in [0, 0.05) is 19.7 Å². The molecule has 2 aliphatic heterocycles. The Kier molecular flexibility index (Phi) is 4.37. The van der Waals surface area contributed by atoms with Gasteiger partial charge < -0.3 is 14.9 Å². The van der Waals surface area contributed by atoms with Gasteiger partial charge in [0.15, 0.2) is 0 Å². The van der Waals surface area contributed by atoms with Crippen LogP contribution in [0.5, 0.6) is 0 Å². The minimum absolute atomic E-state index is 0.0732. The molecule has 0 saturated carbocycles. The van der Waals surface area contributed by atoms with Crippen molar-refractivity contribution in [1.29, 1.82) is 0 Å². The van der Waals surface area contributed by atoms with Crippen LogP contribution in [0.4, 0.5) is 0 Å². The Labute approximate surface area is 146 Å². The number of fused-ring (bicyclic) bond motifs is 1. The van der Waals surface area contributed by atoms with Crippen LogP contribution in [-0.2, 0) is 14.4 Å². The molecule has 132 valence electrons. The first kappa shape index (κ1) is 17.2. The van der Waals surface area contributed by atoms with Crippen molar-refractivity contribution in [3.8, 4) is 0 Å². The van der Waals surface area contributed by atoms with Crippen LogP contribution in [0.25, 0.3) is 6.08 Å². The zero-order valence-corrected chi connectivity index (χ0v) is 14.4. The molecule has 1 saturated heterocycles. The number of carboxylic acid groups (broad SMARTS) is 1. The van der Waals surface area contributed by atoms with E-state index in [1.807, 2.05) is 30.3 Å². The summed E-state index contributed by atoms with van der Waals surface area (Å²) in [6.07, 6.45) is 4.75. The second-order valence-corrected chi connectivity index (χ2v) is 6.82. The molecule has 0 spiro atoms. The monoisotopic (exact) mass is 342 g/mol. The fraction of sp³-hybridized carbons (Fsp3) is 0.421. The van der Waals surface area contributed by atoms with Crippen molar-refractivity contribution in [2.75, 3.05) is 6.54 Å². The Morgan fingerprint density at radius 2 is 2.00 bits per heavy atom. The summed E-state index contributed by atoms with van der Waals surface area (Å²) in [5.41, 5.74) is 0.715.